The van der Waals surface area contributed by atoms with E-state index >= 15 is 0 Å². The fraction of sp³-hybridized carbons (Fsp3) is 0.429. The number of hydrogen-bond acceptors (Lipinski definition) is 6. The van der Waals surface area contributed by atoms with Crippen molar-refractivity contribution in [2.24, 2.45) is 5.73 Å². The van der Waals surface area contributed by atoms with Crippen molar-refractivity contribution < 1.29 is 13.9 Å². The zero-order valence-electron chi connectivity index (χ0n) is 12.2. The van der Waals surface area contributed by atoms with Gasteiger partial charge in [0.1, 0.15) is 0 Å². The Morgan fingerprint density at radius 2 is 2.14 bits per heavy atom. The standard InChI is InChI=1S/C14H18BrN3O3/c1-8(16)4-10-5-11(15)14(12(6-10)19-3)20-7-13-18-17-9(2)21-13/h5-6,8H,4,7,16H2,1-3H3. The number of halogens is 1. The van der Waals surface area contributed by atoms with Crippen molar-refractivity contribution in [2.45, 2.75) is 32.9 Å². The summed E-state index contributed by atoms with van der Waals surface area (Å²) in [6.45, 7) is 3.88. The van der Waals surface area contributed by atoms with Crippen molar-refractivity contribution in [3.8, 4) is 11.5 Å². The fourth-order valence-corrected chi connectivity index (χ4v) is 2.54. The number of nitrogens with zero attached hydrogens (tertiary/aromatic N) is 2. The maximum Gasteiger partial charge on any atom is 0.253 e. The van der Waals surface area contributed by atoms with Crippen LogP contribution in [-0.2, 0) is 13.0 Å². The first-order chi connectivity index (χ1) is 9.99. The molecule has 21 heavy (non-hydrogen) atoms. The molecule has 1 aromatic heterocycles. The van der Waals surface area contributed by atoms with Crippen LogP contribution in [0.4, 0.5) is 0 Å². The van der Waals surface area contributed by atoms with Gasteiger partial charge in [-0.25, -0.2) is 0 Å². The number of methoxy groups -OCH3 is 1. The first-order valence-electron chi connectivity index (χ1n) is 6.53. The van der Waals surface area contributed by atoms with E-state index in [-0.39, 0.29) is 12.6 Å². The Labute approximate surface area is 131 Å². The molecule has 0 bridgehead atoms. The molecule has 7 heteroatoms. The molecule has 0 aliphatic heterocycles. The van der Waals surface area contributed by atoms with Crippen molar-refractivity contribution in [2.75, 3.05) is 7.11 Å². The summed E-state index contributed by atoms with van der Waals surface area (Å²) >= 11 is 3.50. The molecule has 0 amide bonds. The van der Waals surface area contributed by atoms with Gasteiger partial charge in [-0.05, 0) is 47.0 Å². The van der Waals surface area contributed by atoms with Crippen molar-refractivity contribution in [3.63, 3.8) is 0 Å². The second kappa shape index (κ2) is 6.91. The third-order valence-electron chi connectivity index (χ3n) is 2.75. The molecule has 6 nitrogen and oxygen atoms in total. The lowest BCUT2D eigenvalue weighted by molar-refractivity contribution is 0.246. The highest BCUT2D eigenvalue weighted by Crippen LogP contribution is 2.37. The van der Waals surface area contributed by atoms with E-state index in [4.69, 9.17) is 19.6 Å². The third kappa shape index (κ3) is 4.18. The molecule has 1 aromatic carbocycles. The van der Waals surface area contributed by atoms with Crippen LogP contribution in [0.5, 0.6) is 11.5 Å². The highest BCUT2D eigenvalue weighted by Gasteiger charge is 2.14. The highest BCUT2D eigenvalue weighted by molar-refractivity contribution is 9.10. The lowest BCUT2D eigenvalue weighted by Gasteiger charge is -2.14. The summed E-state index contributed by atoms with van der Waals surface area (Å²) in [5.41, 5.74) is 6.90. The number of aryl methyl sites for hydroxylation is 1. The minimum Gasteiger partial charge on any atom is -0.493 e. The summed E-state index contributed by atoms with van der Waals surface area (Å²) < 4.78 is 17.2. The van der Waals surface area contributed by atoms with E-state index in [2.05, 4.69) is 26.1 Å². The molecule has 1 unspecified atom stereocenters. The Balaban J connectivity index is 2.18. The number of rotatable bonds is 6. The molecule has 2 N–H and O–H groups in total. The number of aromatic nitrogens is 2. The van der Waals surface area contributed by atoms with E-state index < -0.39 is 0 Å². The lowest BCUT2D eigenvalue weighted by atomic mass is 10.1. The Morgan fingerprint density at radius 3 is 2.71 bits per heavy atom. The molecule has 1 heterocycles. The molecule has 0 saturated carbocycles. The quantitative estimate of drug-likeness (QED) is 0.857. The molecule has 0 fully saturated rings. The topological polar surface area (TPSA) is 83.4 Å². The largest absolute Gasteiger partial charge is 0.493 e. The van der Waals surface area contributed by atoms with Crippen LogP contribution in [0.1, 0.15) is 24.3 Å². The highest BCUT2D eigenvalue weighted by atomic mass is 79.9. The average Bonchev–Trinajstić information content (AvgIpc) is 2.82. The number of nitrogens with two attached hydrogens (primary N) is 1. The second-order valence-corrected chi connectivity index (χ2v) is 5.65. The van der Waals surface area contributed by atoms with Gasteiger partial charge in [-0.2, -0.15) is 0 Å². The molecule has 114 valence electrons. The van der Waals surface area contributed by atoms with Gasteiger partial charge in [-0.15, -0.1) is 10.2 Å². The van der Waals surface area contributed by atoms with Crippen molar-refractivity contribution >= 4 is 15.9 Å². The van der Waals surface area contributed by atoms with Crippen LogP contribution in [0.2, 0.25) is 0 Å². The van der Waals surface area contributed by atoms with E-state index in [0.29, 0.717) is 23.3 Å². The summed E-state index contributed by atoms with van der Waals surface area (Å²) in [5, 5.41) is 7.65. The predicted octanol–water partition coefficient (Wildman–Crippen LogP) is 2.62. The summed E-state index contributed by atoms with van der Waals surface area (Å²) in [6, 6.07) is 3.97. The van der Waals surface area contributed by atoms with E-state index in [1.165, 1.54) is 0 Å². The van der Waals surface area contributed by atoms with Gasteiger partial charge in [0, 0.05) is 13.0 Å². The molecular weight excluding hydrogens is 338 g/mol. The summed E-state index contributed by atoms with van der Waals surface area (Å²) in [6.07, 6.45) is 0.762. The fourth-order valence-electron chi connectivity index (χ4n) is 1.93. The minimum absolute atomic E-state index is 0.0785. The zero-order chi connectivity index (χ0) is 15.4. The van der Waals surface area contributed by atoms with Crippen LogP contribution in [0, 0.1) is 6.92 Å². The lowest BCUT2D eigenvalue weighted by Crippen LogP contribution is -2.17. The van der Waals surface area contributed by atoms with Gasteiger partial charge in [-0.3, -0.25) is 0 Å². The maximum absolute atomic E-state index is 5.83. The van der Waals surface area contributed by atoms with E-state index in [0.717, 1.165) is 16.5 Å². The minimum atomic E-state index is 0.0785. The van der Waals surface area contributed by atoms with Gasteiger partial charge in [-0.1, -0.05) is 0 Å². The first-order valence-corrected chi connectivity index (χ1v) is 7.32. The van der Waals surface area contributed by atoms with E-state index in [1.807, 2.05) is 19.1 Å². The van der Waals surface area contributed by atoms with Crippen LogP contribution in [0.3, 0.4) is 0 Å². The SMILES string of the molecule is COc1cc(CC(C)N)cc(Br)c1OCc1nnc(C)o1. The van der Waals surface area contributed by atoms with Crippen LogP contribution in [-0.4, -0.2) is 23.3 Å². The Morgan fingerprint density at radius 1 is 1.38 bits per heavy atom. The number of benzene rings is 1. The van der Waals surface area contributed by atoms with Gasteiger partial charge in [0.2, 0.25) is 5.89 Å². The molecule has 0 radical (unpaired) electrons. The van der Waals surface area contributed by atoms with Gasteiger partial charge in [0.05, 0.1) is 11.6 Å². The van der Waals surface area contributed by atoms with Crippen molar-refractivity contribution in [1.29, 1.82) is 0 Å². The summed E-state index contributed by atoms with van der Waals surface area (Å²) in [7, 11) is 1.60. The number of hydrogen-bond donors (Lipinski definition) is 1. The van der Waals surface area contributed by atoms with Gasteiger partial charge >= 0.3 is 0 Å². The number of ether oxygens (including phenoxy) is 2. The Kier molecular flexibility index (Phi) is 5.19. The first kappa shape index (κ1) is 15.8. The van der Waals surface area contributed by atoms with Gasteiger partial charge < -0.3 is 19.6 Å². The van der Waals surface area contributed by atoms with Gasteiger partial charge in [0.15, 0.2) is 18.1 Å². The summed E-state index contributed by atoms with van der Waals surface area (Å²) in [5.74, 6) is 2.16. The molecular formula is C14H18BrN3O3. The van der Waals surface area contributed by atoms with Crippen molar-refractivity contribution in [1.82, 2.24) is 10.2 Å². The van der Waals surface area contributed by atoms with Crippen LogP contribution < -0.4 is 15.2 Å². The van der Waals surface area contributed by atoms with Crippen LogP contribution in [0.25, 0.3) is 0 Å². The maximum atomic E-state index is 5.83. The summed E-state index contributed by atoms with van der Waals surface area (Å²) in [4.78, 5) is 0. The molecule has 1 atom stereocenters. The molecule has 2 rings (SSSR count). The average molecular weight is 356 g/mol. The molecule has 0 aliphatic carbocycles. The Bertz CT molecular complexity index is 614. The predicted molar refractivity (Wildman–Crippen MR) is 81.4 cm³/mol. The van der Waals surface area contributed by atoms with Crippen molar-refractivity contribution in [3.05, 3.63) is 34.0 Å². The normalized spacial score (nSPS) is 12.2. The van der Waals surface area contributed by atoms with E-state index in [9.17, 15) is 0 Å². The Hall–Kier alpha value is -1.60. The molecule has 0 aliphatic rings. The molecule has 0 saturated heterocycles. The second-order valence-electron chi connectivity index (χ2n) is 4.79. The monoisotopic (exact) mass is 355 g/mol. The van der Waals surface area contributed by atoms with E-state index in [1.54, 1.807) is 14.0 Å². The zero-order valence-corrected chi connectivity index (χ0v) is 13.8. The van der Waals surface area contributed by atoms with Crippen LogP contribution >= 0.6 is 15.9 Å². The molecule has 0 spiro atoms. The smallest absolute Gasteiger partial charge is 0.253 e. The van der Waals surface area contributed by atoms with Crippen LogP contribution in [0.15, 0.2) is 21.0 Å². The third-order valence-corrected chi connectivity index (χ3v) is 3.34. The van der Waals surface area contributed by atoms with Gasteiger partial charge in [0.25, 0.3) is 5.89 Å². The molecule has 2 aromatic rings.